The summed E-state index contributed by atoms with van der Waals surface area (Å²) in [6.45, 7) is 7.44. The Morgan fingerprint density at radius 1 is 1.21 bits per heavy atom. The second-order valence-electron chi connectivity index (χ2n) is 4.83. The lowest BCUT2D eigenvalue weighted by molar-refractivity contribution is 0.597. The lowest BCUT2D eigenvalue weighted by Crippen LogP contribution is -2.32. The molecular weight excluding hydrogens is 260 g/mol. The van der Waals surface area contributed by atoms with Crippen LogP contribution >= 0.6 is 0 Å². The molecule has 0 aliphatic rings. The largest absolute Gasteiger partial charge is 0.369 e. The zero-order valence-electron chi connectivity index (χ0n) is 12.0. The van der Waals surface area contributed by atoms with Gasteiger partial charge in [0.1, 0.15) is 0 Å². The number of hydrogen-bond acceptors (Lipinski definition) is 4. The Bertz CT molecular complexity index is 481. The first kappa shape index (κ1) is 16.0. The summed E-state index contributed by atoms with van der Waals surface area (Å²) in [5.74, 6) is 0.132. The fourth-order valence-electron chi connectivity index (χ4n) is 1.96. The van der Waals surface area contributed by atoms with Crippen molar-refractivity contribution in [3.05, 3.63) is 24.3 Å². The predicted molar refractivity (Wildman–Crippen MR) is 80.3 cm³/mol. The smallest absolute Gasteiger partial charge is 0.178 e. The van der Waals surface area contributed by atoms with Crippen LogP contribution in [0.4, 0.5) is 5.69 Å². The molecule has 0 unspecified atom stereocenters. The molecule has 19 heavy (non-hydrogen) atoms. The summed E-state index contributed by atoms with van der Waals surface area (Å²) in [5, 5.41) is 0. The maximum Gasteiger partial charge on any atom is 0.178 e. The van der Waals surface area contributed by atoms with Gasteiger partial charge < -0.3 is 10.6 Å². The third-order valence-electron chi connectivity index (χ3n) is 3.13. The molecule has 0 atom stereocenters. The van der Waals surface area contributed by atoms with Crippen molar-refractivity contribution in [1.82, 2.24) is 0 Å². The molecule has 1 aromatic carbocycles. The highest BCUT2D eigenvalue weighted by atomic mass is 32.2. The van der Waals surface area contributed by atoms with E-state index in [2.05, 4.69) is 18.7 Å². The van der Waals surface area contributed by atoms with Crippen molar-refractivity contribution >= 4 is 15.5 Å². The van der Waals surface area contributed by atoms with Crippen molar-refractivity contribution in [3.8, 4) is 0 Å². The standard InChI is InChI=1S/C14H24N2O2S/c1-4-19(17,18)14-8-6-13(7-9-14)16(12(2)3)11-5-10-15/h6-9,12H,4-5,10-11,15H2,1-3H3. The normalized spacial score (nSPS) is 11.8. The summed E-state index contributed by atoms with van der Waals surface area (Å²) < 4.78 is 23.5. The summed E-state index contributed by atoms with van der Waals surface area (Å²) in [6, 6.07) is 7.48. The van der Waals surface area contributed by atoms with Crippen molar-refractivity contribution in [2.24, 2.45) is 5.73 Å². The predicted octanol–water partition coefficient (Wildman–Crippen LogP) is 2.04. The van der Waals surface area contributed by atoms with Gasteiger partial charge >= 0.3 is 0 Å². The molecule has 4 nitrogen and oxygen atoms in total. The van der Waals surface area contributed by atoms with E-state index < -0.39 is 9.84 Å². The van der Waals surface area contributed by atoms with E-state index in [1.165, 1.54) is 0 Å². The number of nitrogens with two attached hydrogens (primary N) is 1. The average Bonchev–Trinajstić information content (AvgIpc) is 2.39. The van der Waals surface area contributed by atoms with Gasteiger partial charge in [-0.1, -0.05) is 6.92 Å². The number of nitrogens with zero attached hydrogens (tertiary/aromatic N) is 1. The molecule has 0 amide bonds. The van der Waals surface area contributed by atoms with Crippen LogP contribution in [0, 0.1) is 0 Å². The van der Waals surface area contributed by atoms with E-state index in [1.807, 2.05) is 12.1 Å². The highest BCUT2D eigenvalue weighted by Crippen LogP contribution is 2.20. The molecule has 1 aromatic rings. The molecule has 1 rings (SSSR count). The lowest BCUT2D eigenvalue weighted by atomic mass is 10.2. The van der Waals surface area contributed by atoms with E-state index in [0.29, 0.717) is 17.5 Å². The molecule has 108 valence electrons. The summed E-state index contributed by atoms with van der Waals surface area (Å²) in [5.41, 5.74) is 6.59. The second kappa shape index (κ2) is 6.91. The van der Waals surface area contributed by atoms with Crippen LogP contribution in [0.15, 0.2) is 29.2 Å². The maximum atomic E-state index is 11.8. The summed E-state index contributed by atoms with van der Waals surface area (Å²) in [7, 11) is -3.12. The van der Waals surface area contributed by atoms with Gasteiger partial charge in [0.25, 0.3) is 0 Å². The lowest BCUT2D eigenvalue weighted by Gasteiger charge is -2.29. The van der Waals surface area contributed by atoms with Crippen LogP contribution in [0.2, 0.25) is 0 Å². The Morgan fingerprint density at radius 3 is 2.21 bits per heavy atom. The number of rotatable bonds is 7. The zero-order chi connectivity index (χ0) is 14.5. The summed E-state index contributed by atoms with van der Waals surface area (Å²) in [4.78, 5) is 2.62. The van der Waals surface area contributed by atoms with E-state index in [1.54, 1.807) is 19.1 Å². The highest BCUT2D eigenvalue weighted by Gasteiger charge is 2.14. The summed E-state index contributed by atoms with van der Waals surface area (Å²) in [6.07, 6.45) is 0.924. The Hall–Kier alpha value is -1.07. The molecule has 0 spiro atoms. The number of sulfone groups is 1. The molecule has 5 heteroatoms. The molecule has 0 aliphatic heterocycles. The number of benzene rings is 1. The minimum Gasteiger partial charge on any atom is -0.369 e. The highest BCUT2D eigenvalue weighted by molar-refractivity contribution is 7.91. The molecule has 0 bridgehead atoms. The van der Waals surface area contributed by atoms with Gasteiger partial charge in [-0.05, 0) is 51.1 Å². The SMILES string of the molecule is CCS(=O)(=O)c1ccc(N(CCCN)C(C)C)cc1. The molecule has 0 radical (unpaired) electrons. The van der Waals surface area contributed by atoms with Gasteiger partial charge in [0, 0.05) is 18.3 Å². The average molecular weight is 284 g/mol. The molecule has 0 aliphatic carbocycles. The first-order chi connectivity index (χ1) is 8.92. The molecule has 0 saturated carbocycles. The van der Waals surface area contributed by atoms with Crippen LogP contribution in [0.1, 0.15) is 27.2 Å². The van der Waals surface area contributed by atoms with Crippen molar-refractivity contribution in [3.63, 3.8) is 0 Å². The third kappa shape index (κ3) is 4.21. The number of anilines is 1. The van der Waals surface area contributed by atoms with Gasteiger partial charge in [0.05, 0.1) is 10.6 Å². The van der Waals surface area contributed by atoms with Crippen LogP contribution in [0.25, 0.3) is 0 Å². The molecule has 0 saturated heterocycles. The minimum atomic E-state index is -3.12. The fourth-order valence-corrected chi connectivity index (χ4v) is 2.84. The molecule has 0 fully saturated rings. The summed E-state index contributed by atoms with van der Waals surface area (Å²) >= 11 is 0. The number of hydrogen-bond donors (Lipinski definition) is 1. The van der Waals surface area contributed by atoms with Crippen molar-refractivity contribution in [1.29, 1.82) is 0 Å². The van der Waals surface area contributed by atoms with Crippen LogP contribution in [0.5, 0.6) is 0 Å². The van der Waals surface area contributed by atoms with E-state index in [9.17, 15) is 8.42 Å². The van der Waals surface area contributed by atoms with Crippen LogP contribution in [-0.4, -0.2) is 33.3 Å². The van der Waals surface area contributed by atoms with Crippen LogP contribution in [0.3, 0.4) is 0 Å². The molecular formula is C14H24N2O2S. The van der Waals surface area contributed by atoms with E-state index in [-0.39, 0.29) is 5.75 Å². The van der Waals surface area contributed by atoms with Crippen molar-refractivity contribution in [2.75, 3.05) is 23.7 Å². The monoisotopic (exact) mass is 284 g/mol. The van der Waals surface area contributed by atoms with Crippen molar-refractivity contribution in [2.45, 2.75) is 38.1 Å². The molecule has 0 aromatic heterocycles. The minimum absolute atomic E-state index is 0.132. The van der Waals surface area contributed by atoms with E-state index >= 15 is 0 Å². The Labute approximate surface area is 116 Å². The first-order valence-electron chi connectivity index (χ1n) is 6.72. The van der Waals surface area contributed by atoms with E-state index in [4.69, 9.17) is 5.73 Å². The van der Waals surface area contributed by atoms with Gasteiger partial charge in [0.15, 0.2) is 9.84 Å². The topological polar surface area (TPSA) is 63.4 Å². The fraction of sp³-hybridized carbons (Fsp3) is 0.571. The van der Waals surface area contributed by atoms with Gasteiger partial charge in [-0.25, -0.2) is 8.42 Å². The Kier molecular flexibility index (Phi) is 5.82. The van der Waals surface area contributed by atoms with Crippen LogP contribution in [-0.2, 0) is 9.84 Å². The Morgan fingerprint density at radius 2 is 1.79 bits per heavy atom. The third-order valence-corrected chi connectivity index (χ3v) is 4.88. The van der Waals surface area contributed by atoms with Gasteiger partial charge in [-0.3, -0.25) is 0 Å². The Balaban J connectivity index is 2.95. The molecule has 2 N–H and O–H groups in total. The zero-order valence-corrected chi connectivity index (χ0v) is 12.8. The maximum absolute atomic E-state index is 11.8. The van der Waals surface area contributed by atoms with Gasteiger partial charge in [-0.15, -0.1) is 0 Å². The van der Waals surface area contributed by atoms with Crippen molar-refractivity contribution < 1.29 is 8.42 Å². The first-order valence-corrected chi connectivity index (χ1v) is 8.37. The van der Waals surface area contributed by atoms with Gasteiger partial charge in [0.2, 0.25) is 0 Å². The quantitative estimate of drug-likeness (QED) is 0.832. The molecule has 0 heterocycles. The van der Waals surface area contributed by atoms with Gasteiger partial charge in [-0.2, -0.15) is 0 Å². The van der Waals surface area contributed by atoms with E-state index in [0.717, 1.165) is 18.7 Å². The van der Waals surface area contributed by atoms with Crippen LogP contribution < -0.4 is 10.6 Å². The second-order valence-corrected chi connectivity index (χ2v) is 7.10.